The van der Waals surface area contributed by atoms with Crippen LogP contribution in [0, 0.1) is 11.3 Å². The van der Waals surface area contributed by atoms with Gasteiger partial charge in [-0.05, 0) is 36.4 Å². The lowest BCUT2D eigenvalue weighted by atomic mass is 10.2. The number of rotatable bonds is 4. The molecule has 6 heteroatoms. The highest BCUT2D eigenvalue weighted by molar-refractivity contribution is 6.42. The van der Waals surface area contributed by atoms with Crippen LogP contribution in [-0.4, -0.2) is 12.5 Å². The largest absolute Gasteiger partial charge is 0.484 e. The number of ether oxygens (including phenoxy) is 1. The van der Waals surface area contributed by atoms with Crippen molar-refractivity contribution in [3.63, 3.8) is 0 Å². The minimum absolute atomic E-state index is 0.155. The third-order valence-corrected chi connectivity index (χ3v) is 3.30. The number of carbonyl (C=O) groups excluding carboxylic acids is 1. The van der Waals surface area contributed by atoms with Gasteiger partial charge in [-0.1, -0.05) is 23.2 Å². The van der Waals surface area contributed by atoms with E-state index in [0.29, 0.717) is 27.0 Å². The van der Waals surface area contributed by atoms with Gasteiger partial charge in [-0.3, -0.25) is 4.79 Å². The Morgan fingerprint density at radius 2 is 1.86 bits per heavy atom. The van der Waals surface area contributed by atoms with Crippen molar-refractivity contribution in [2.45, 2.75) is 0 Å². The normalized spacial score (nSPS) is 9.76. The Bertz CT molecular complexity index is 694. The van der Waals surface area contributed by atoms with E-state index >= 15 is 0 Å². The van der Waals surface area contributed by atoms with E-state index in [1.807, 2.05) is 6.07 Å². The molecule has 0 saturated heterocycles. The Morgan fingerprint density at radius 1 is 1.14 bits per heavy atom. The zero-order chi connectivity index (χ0) is 15.2. The zero-order valence-corrected chi connectivity index (χ0v) is 12.3. The highest BCUT2D eigenvalue weighted by atomic mass is 35.5. The van der Waals surface area contributed by atoms with Gasteiger partial charge in [0.1, 0.15) is 5.75 Å². The average molecular weight is 321 g/mol. The van der Waals surface area contributed by atoms with Crippen molar-refractivity contribution in [3.05, 3.63) is 58.1 Å². The lowest BCUT2D eigenvalue weighted by Crippen LogP contribution is -2.20. The predicted molar refractivity (Wildman–Crippen MR) is 81.7 cm³/mol. The van der Waals surface area contributed by atoms with Crippen LogP contribution in [0.3, 0.4) is 0 Å². The first kappa shape index (κ1) is 15.2. The molecule has 2 rings (SSSR count). The van der Waals surface area contributed by atoms with E-state index in [9.17, 15) is 4.79 Å². The number of nitrogens with zero attached hydrogens (tertiary/aromatic N) is 1. The molecular weight excluding hydrogens is 311 g/mol. The molecule has 21 heavy (non-hydrogen) atoms. The van der Waals surface area contributed by atoms with Gasteiger partial charge in [0, 0.05) is 11.8 Å². The van der Waals surface area contributed by atoms with E-state index in [1.54, 1.807) is 42.5 Å². The summed E-state index contributed by atoms with van der Waals surface area (Å²) in [6.45, 7) is -0.155. The summed E-state index contributed by atoms with van der Waals surface area (Å²) in [4.78, 5) is 11.7. The van der Waals surface area contributed by atoms with Gasteiger partial charge >= 0.3 is 0 Å². The summed E-state index contributed by atoms with van der Waals surface area (Å²) in [5.74, 6) is 0.144. The van der Waals surface area contributed by atoms with E-state index in [4.69, 9.17) is 33.2 Å². The lowest BCUT2D eigenvalue weighted by molar-refractivity contribution is -0.118. The molecule has 0 radical (unpaired) electrons. The van der Waals surface area contributed by atoms with Crippen LogP contribution in [0.2, 0.25) is 10.0 Å². The molecular formula is C15H10Cl2N2O2. The molecule has 2 aromatic rings. The fourth-order valence-corrected chi connectivity index (χ4v) is 1.83. The first-order valence-electron chi connectivity index (χ1n) is 5.96. The number of benzene rings is 2. The summed E-state index contributed by atoms with van der Waals surface area (Å²) in [7, 11) is 0. The number of amides is 1. The molecule has 2 aromatic carbocycles. The van der Waals surface area contributed by atoms with Gasteiger partial charge in [0.05, 0.1) is 21.7 Å². The van der Waals surface area contributed by atoms with Gasteiger partial charge in [-0.15, -0.1) is 0 Å². The van der Waals surface area contributed by atoms with E-state index in [0.717, 1.165) is 0 Å². The third kappa shape index (κ3) is 4.38. The molecule has 1 amide bonds. The minimum atomic E-state index is -0.314. The molecule has 0 aliphatic heterocycles. The smallest absolute Gasteiger partial charge is 0.262 e. The van der Waals surface area contributed by atoms with Crippen LogP contribution in [0.5, 0.6) is 5.75 Å². The average Bonchev–Trinajstić information content (AvgIpc) is 2.49. The number of carbonyl (C=O) groups is 1. The monoisotopic (exact) mass is 320 g/mol. The van der Waals surface area contributed by atoms with E-state index in [2.05, 4.69) is 5.32 Å². The molecule has 1 N–H and O–H groups in total. The van der Waals surface area contributed by atoms with Gasteiger partial charge in [0.25, 0.3) is 5.91 Å². The second kappa shape index (κ2) is 6.98. The summed E-state index contributed by atoms with van der Waals surface area (Å²) < 4.78 is 5.31. The van der Waals surface area contributed by atoms with Crippen molar-refractivity contribution in [2.24, 2.45) is 0 Å². The Balaban J connectivity index is 1.89. The molecule has 0 aliphatic carbocycles. The van der Waals surface area contributed by atoms with E-state index in [-0.39, 0.29) is 12.5 Å². The molecule has 0 saturated carbocycles. The van der Waals surface area contributed by atoms with Crippen LogP contribution in [-0.2, 0) is 4.79 Å². The molecule has 0 fully saturated rings. The van der Waals surface area contributed by atoms with Crippen molar-refractivity contribution < 1.29 is 9.53 Å². The van der Waals surface area contributed by atoms with Gasteiger partial charge in [-0.2, -0.15) is 5.26 Å². The van der Waals surface area contributed by atoms with Crippen LogP contribution >= 0.6 is 23.2 Å². The molecule has 106 valence electrons. The van der Waals surface area contributed by atoms with Crippen molar-refractivity contribution in [1.29, 1.82) is 5.26 Å². The van der Waals surface area contributed by atoms with Crippen molar-refractivity contribution in [3.8, 4) is 11.8 Å². The van der Waals surface area contributed by atoms with Crippen molar-refractivity contribution >= 4 is 34.8 Å². The molecule has 4 nitrogen and oxygen atoms in total. The highest BCUT2D eigenvalue weighted by Crippen LogP contribution is 2.26. The summed E-state index contributed by atoms with van der Waals surface area (Å²) in [5, 5.41) is 12.1. The van der Waals surface area contributed by atoms with Crippen LogP contribution in [0.15, 0.2) is 42.5 Å². The van der Waals surface area contributed by atoms with Crippen LogP contribution in [0.25, 0.3) is 0 Å². The fraction of sp³-hybridized carbons (Fsp3) is 0.0667. The number of nitrogens with one attached hydrogen (secondary N) is 1. The summed E-state index contributed by atoms with van der Waals surface area (Å²) in [5.41, 5.74) is 1.12. The van der Waals surface area contributed by atoms with E-state index in [1.165, 1.54) is 0 Å². The quantitative estimate of drug-likeness (QED) is 0.929. The molecule has 0 heterocycles. The first-order valence-corrected chi connectivity index (χ1v) is 6.72. The second-order valence-corrected chi connectivity index (χ2v) is 4.92. The van der Waals surface area contributed by atoms with Gasteiger partial charge in [-0.25, -0.2) is 0 Å². The van der Waals surface area contributed by atoms with Crippen LogP contribution in [0.1, 0.15) is 5.56 Å². The topological polar surface area (TPSA) is 62.1 Å². The molecule has 0 atom stereocenters. The molecule has 0 bridgehead atoms. The number of anilines is 1. The Kier molecular flexibility index (Phi) is 5.04. The van der Waals surface area contributed by atoms with Gasteiger partial charge < -0.3 is 10.1 Å². The number of hydrogen-bond donors (Lipinski definition) is 1. The number of nitriles is 1. The van der Waals surface area contributed by atoms with Crippen molar-refractivity contribution in [1.82, 2.24) is 0 Å². The Morgan fingerprint density at radius 3 is 2.48 bits per heavy atom. The Labute approximate surface area is 131 Å². The minimum Gasteiger partial charge on any atom is -0.484 e. The van der Waals surface area contributed by atoms with Gasteiger partial charge in [0.2, 0.25) is 0 Å². The maximum absolute atomic E-state index is 11.7. The molecule has 0 unspecified atom stereocenters. The lowest BCUT2D eigenvalue weighted by Gasteiger charge is -2.08. The summed E-state index contributed by atoms with van der Waals surface area (Å²) in [6, 6.07) is 13.3. The van der Waals surface area contributed by atoms with Crippen LogP contribution in [0.4, 0.5) is 5.69 Å². The van der Waals surface area contributed by atoms with Crippen molar-refractivity contribution in [2.75, 3.05) is 11.9 Å². The maximum atomic E-state index is 11.7. The molecule has 0 aliphatic rings. The first-order chi connectivity index (χ1) is 10.1. The SMILES string of the molecule is N#Cc1ccc(NC(=O)COc2ccc(Cl)c(Cl)c2)cc1. The van der Waals surface area contributed by atoms with Gasteiger partial charge in [0.15, 0.2) is 6.61 Å². The molecule has 0 spiro atoms. The standard InChI is InChI=1S/C15H10Cl2N2O2/c16-13-6-5-12(7-14(13)17)21-9-15(20)19-11-3-1-10(8-18)2-4-11/h1-7H,9H2,(H,19,20). The fourth-order valence-electron chi connectivity index (χ4n) is 1.54. The highest BCUT2D eigenvalue weighted by Gasteiger charge is 2.05. The third-order valence-electron chi connectivity index (χ3n) is 2.56. The van der Waals surface area contributed by atoms with Crippen LogP contribution < -0.4 is 10.1 Å². The summed E-state index contributed by atoms with van der Waals surface area (Å²) >= 11 is 11.6. The maximum Gasteiger partial charge on any atom is 0.262 e. The number of halogens is 2. The predicted octanol–water partition coefficient (Wildman–Crippen LogP) is 3.88. The zero-order valence-electron chi connectivity index (χ0n) is 10.8. The molecule has 0 aromatic heterocycles. The number of hydrogen-bond acceptors (Lipinski definition) is 3. The summed E-state index contributed by atoms with van der Waals surface area (Å²) in [6.07, 6.45) is 0. The van der Waals surface area contributed by atoms with E-state index < -0.39 is 0 Å². The Hall–Kier alpha value is -2.22. The second-order valence-electron chi connectivity index (χ2n) is 4.10.